The Hall–Kier alpha value is -3.28. The van der Waals surface area contributed by atoms with Gasteiger partial charge in [0, 0.05) is 12.6 Å². The van der Waals surface area contributed by atoms with Gasteiger partial charge in [0.2, 0.25) is 0 Å². The monoisotopic (exact) mass is 366 g/mol. The second kappa shape index (κ2) is 7.53. The van der Waals surface area contributed by atoms with Crippen LogP contribution in [0.1, 0.15) is 18.1 Å². The summed E-state index contributed by atoms with van der Waals surface area (Å²) in [5.74, 6) is 0.486. The molecule has 6 nitrogen and oxygen atoms in total. The molecular formula is C21H22N2O4. The van der Waals surface area contributed by atoms with Crippen molar-refractivity contribution in [2.75, 3.05) is 26.1 Å². The van der Waals surface area contributed by atoms with Gasteiger partial charge in [-0.25, -0.2) is 0 Å². The summed E-state index contributed by atoms with van der Waals surface area (Å²) in [6, 6.07) is 12.8. The van der Waals surface area contributed by atoms with Crippen molar-refractivity contribution >= 4 is 23.1 Å². The number of hydrogen-bond acceptors (Lipinski definition) is 5. The van der Waals surface area contributed by atoms with E-state index in [9.17, 15) is 9.59 Å². The predicted molar refractivity (Wildman–Crippen MR) is 104 cm³/mol. The molecule has 0 aliphatic carbocycles. The standard InChI is InChI=1S/C21H22N2O4/c1-5-23-20(24)18(14-8-6-13(2)7-9-14)19(21(23)25)22-16-12-15(26-3)10-11-17(16)27-4/h6-12,22H,5H2,1-4H3. The van der Waals surface area contributed by atoms with E-state index in [-0.39, 0.29) is 17.5 Å². The smallest absolute Gasteiger partial charge is 0.278 e. The Morgan fingerprint density at radius 1 is 0.963 bits per heavy atom. The lowest BCUT2D eigenvalue weighted by Crippen LogP contribution is -2.32. The van der Waals surface area contributed by atoms with Gasteiger partial charge in [0.05, 0.1) is 25.5 Å². The highest BCUT2D eigenvalue weighted by Gasteiger charge is 2.38. The van der Waals surface area contributed by atoms with Gasteiger partial charge >= 0.3 is 0 Å². The highest BCUT2D eigenvalue weighted by atomic mass is 16.5. The van der Waals surface area contributed by atoms with Gasteiger partial charge in [-0.05, 0) is 31.5 Å². The number of aryl methyl sites for hydroxylation is 1. The third-order valence-electron chi connectivity index (χ3n) is 4.49. The molecule has 0 unspecified atom stereocenters. The summed E-state index contributed by atoms with van der Waals surface area (Å²) in [5.41, 5.74) is 2.91. The van der Waals surface area contributed by atoms with E-state index in [1.165, 1.54) is 4.90 Å². The fourth-order valence-electron chi connectivity index (χ4n) is 3.01. The van der Waals surface area contributed by atoms with Gasteiger partial charge in [-0.15, -0.1) is 0 Å². The summed E-state index contributed by atoms with van der Waals surface area (Å²) in [6.45, 7) is 4.05. The molecule has 1 heterocycles. The van der Waals surface area contributed by atoms with Gasteiger partial charge in [-0.2, -0.15) is 0 Å². The number of benzene rings is 2. The second-order valence-corrected chi connectivity index (χ2v) is 6.16. The molecule has 3 rings (SSSR count). The topological polar surface area (TPSA) is 67.9 Å². The molecule has 140 valence electrons. The van der Waals surface area contributed by atoms with E-state index in [4.69, 9.17) is 9.47 Å². The van der Waals surface area contributed by atoms with E-state index in [0.29, 0.717) is 34.9 Å². The molecule has 2 aromatic rings. The third kappa shape index (κ3) is 3.38. The minimum atomic E-state index is -0.358. The van der Waals surface area contributed by atoms with Crippen molar-refractivity contribution < 1.29 is 19.1 Å². The number of nitrogens with one attached hydrogen (secondary N) is 1. The molecule has 0 saturated heterocycles. The lowest BCUT2D eigenvalue weighted by atomic mass is 10.0. The van der Waals surface area contributed by atoms with Crippen molar-refractivity contribution in [3.8, 4) is 11.5 Å². The molecule has 0 bridgehead atoms. The van der Waals surface area contributed by atoms with Crippen LogP contribution in [0.4, 0.5) is 5.69 Å². The van der Waals surface area contributed by atoms with Crippen LogP contribution in [0, 0.1) is 6.92 Å². The van der Waals surface area contributed by atoms with Crippen molar-refractivity contribution in [3.05, 3.63) is 59.3 Å². The van der Waals surface area contributed by atoms with Crippen LogP contribution in [0.3, 0.4) is 0 Å². The van der Waals surface area contributed by atoms with E-state index in [2.05, 4.69) is 5.32 Å². The number of anilines is 1. The number of nitrogens with zero attached hydrogens (tertiary/aromatic N) is 1. The molecule has 1 aliphatic heterocycles. The molecule has 0 saturated carbocycles. The number of ether oxygens (including phenoxy) is 2. The summed E-state index contributed by atoms with van der Waals surface area (Å²) in [4.78, 5) is 27.0. The Balaban J connectivity index is 2.12. The van der Waals surface area contributed by atoms with Gasteiger partial charge in [0.15, 0.2) is 0 Å². The summed E-state index contributed by atoms with van der Waals surface area (Å²) in [6.07, 6.45) is 0. The zero-order valence-electron chi connectivity index (χ0n) is 15.8. The molecule has 2 aromatic carbocycles. The number of carbonyl (C=O) groups excluding carboxylic acids is 2. The van der Waals surface area contributed by atoms with Gasteiger partial charge in [0.25, 0.3) is 11.8 Å². The van der Waals surface area contributed by atoms with Crippen LogP contribution in [-0.4, -0.2) is 37.5 Å². The number of likely N-dealkylation sites (N-methyl/N-ethyl adjacent to an activating group) is 1. The molecule has 0 radical (unpaired) electrons. The van der Waals surface area contributed by atoms with Gasteiger partial charge in [0.1, 0.15) is 17.2 Å². The Morgan fingerprint density at radius 2 is 1.67 bits per heavy atom. The summed E-state index contributed by atoms with van der Waals surface area (Å²) >= 11 is 0. The average molecular weight is 366 g/mol. The maximum Gasteiger partial charge on any atom is 0.278 e. The van der Waals surface area contributed by atoms with Crippen LogP contribution in [-0.2, 0) is 9.59 Å². The van der Waals surface area contributed by atoms with E-state index < -0.39 is 0 Å². The largest absolute Gasteiger partial charge is 0.497 e. The first kappa shape index (κ1) is 18.5. The molecule has 0 spiro atoms. The number of rotatable bonds is 6. The molecule has 0 fully saturated rings. The molecule has 2 amide bonds. The lowest BCUT2D eigenvalue weighted by Gasteiger charge is -2.14. The summed E-state index contributed by atoms with van der Waals surface area (Å²) in [7, 11) is 3.11. The molecular weight excluding hydrogens is 344 g/mol. The second-order valence-electron chi connectivity index (χ2n) is 6.16. The average Bonchev–Trinajstić information content (AvgIpc) is 2.91. The van der Waals surface area contributed by atoms with Crippen LogP contribution in [0.5, 0.6) is 11.5 Å². The zero-order valence-corrected chi connectivity index (χ0v) is 15.8. The minimum Gasteiger partial charge on any atom is -0.497 e. The van der Waals surface area contributed by atoms with Crippen LogP contribution in [0.25, 0.3) is 5.57 Å². The molecule has 0 atom stereocenters. The molecule has 27 heavy (non-hydrogen) atoms. The molecule has 1 N–H and O–H groups in total. The summed E-state index contributed by atoms with van der Waals surface area (Å²) in [5, 5.41) is 3.11. The third-order valence-corrected chi connectivity index (χ3v) is 4.49. The maximum absolute atomic E-state index is 12.9. The molecule has 0 aromatic heterocycles. The Labute approximate surface area is 158 Å². The van der Waals surface area contributed by atoms with Crippen molar-refractivity contribution in [2.45, 2.75) is 13.8 Å². The SMILES string of the molecule is CCN1C(=O)C(Nc2cc(OC)ccc2OC)=C(c2ccc(C)cc2)C1=O. The Kier molecular flexibility index (Phi) is 5.16. The first-order chi connectivity index (χ1) is 13.0. The van der Waals surface area contributed by atoms with E-state index in [0.717, 1.165) is 5.56 Å². The number of carbonyl (C=O) groups is 2. The zero-order chi connectivity index (χ0) is 19.6. The van der Waals surface area contributed by atoms with E-state index in [1.807, 2.05) is 31.2 Å². The Morgan fingerprint density at radius 3 is 2.26 bits per heavy atom. The van der Waals surface area contributed by atoms with Crippen molar-refractivity contribution in [3.63, 3.8) is 0 Å². The van der Waals surface area contributed by atoms with Crippen LogP contribution in [0.15, 0.2) is 48.2 Å². The first-order valence-electron chi connectivity index (χ1n) is 8.66. The first-order valence-corrected chi connectivity index (χ1v) is 8.66. The molecule has 1 aliphatic rings. The number of methoxy groups -OCH3 is 2. The van der Waals surface area contributed by atoms with Crippen LogP contribution >= 0.6 is 0 Å². The van der Waals surface area contributed by atoms with Crippen molar-refractivity contribution in [2.24, 2.45) is 0 Å². The fourth-order valence-corrected chi connectivity index (χ4v) is 3.01. The highest BCUT2D eigenvalue weighted by Crippen LogP contribution is 2.35. The van der Waals surface area contributed by atoms with Crippen molar-refractivity contribution in [1.29, 1.82) is 0 Å². The van der Waals surface area contributed by atoms with E-state index in [1.54, 1.807) is 39.3 Å². The number of amides is 2. The van der Waals surface area contributed by atoms with Gasteiger partial charge in [-0.1, -0.05) is 29.8 Å². The lowest BCUT2D eigenvalue weighted by molar-refractivity contribution is -0.136. The van der Waals surface area contributed by atoms with Gasteiger partial charge < -0.3 is 14.8 Å². The van der Waals surface area contributed by atoms with Crippen LogP contribution < -0.4 is 14.8 Å². The van der Waals surface area contributed by atoms with Crippen LogP contribution in [0.2, 0.25) is 0 Å². The fraction of sp³-hybridized carbons (Fsp3) is 0.238. The summed E-state index contributed by atoms with van der Waals surface area (Å²) < 4.78 is 10.6. The van der Waals surface area contributed by atoms with Crippen molar-refractivity contribution in [1.82, 2.24) is 4.90 Å². The molecule has 6 heteroatoms. The number of imide groups is 1. The predicted octanol–water partition coefficient (Wildman–Crippen LogP) is 3.22. The normalized spacial score (nSPS) is 14.0. The Bertz CT molecular complexity index is 916. The number of hydrogen-bond donors (Lipinski definition) is 1. The minimum absolute atomic E-state index is 0.234. The quantitative estimate of drug-likeness (QED) is 0.795. The van der Waals surface area contributed by atoms with E-state index >= 15 is 0 Å². The van der Waals surface area contributed by atoms with Gasteiger partial charge in [-0.3, -0.25) is 14.5 Å². The maximum atomic E-state index is 12.9. The highest BCUT2D eigenvalue weighted by molar-refractivity contribution is 6.36.